The van der Waals surface area contributed by atoms with E-state index in [-0.39, 0.29) is 11.7 Å². The molecule has 3 rings (SSSR count). The van der Waals surface area contributed by atoms with E-state index in [0.717, 1.165) is 33.3 Å². The van der Waals surface area contributed by atoms with Crippen molar-refractivity contribution in [3.63, 3.8) is 0 Å². The smallest absolute Gasteiger partial charge is 0.335 e. The zero-order valence-electron chi connectivity index (χ0n) is 15.2. The van der Waals surface area contributed by atoms with Crippen LogP contribution in [0.15, 0.2) is 54.6 Å². The molecule has 0 unspecified atom stereocenters. The van der Waals surface area contributed by atoms with Gasteiger partial charge in [-0.05, 0) is 55.3 Å². The normalized spacial score (nSPS) is 10.9. The molecular weight excluding hydrogens is 326 g/mol. The number of ether oxygens (including phenoxy) is 1. The third-order valence-corrected chi connectivity index (χ3v) is 4.30. The fourth-order valence-corrected chi connectivity index (χ4v) is 2.99. The molecule has 0 saturated heterocycles. The second-order valence-corrected chi connectivity index (χ2v) is 6.62. The number of anilines is 1. The summed E-state index contributed by atoms with van der Waals surface area (Å²) in [6.45, 7) is 6.52. The molecule has 2 N–H and O–H groups in total. The molecule has 3 aromatic rings. The lowest BCUT2D eigenvalue weighted by Crippen LogP contribution is -2.10. The van der Waals surface area contributed by atoms with Gasteiger partial charge in [0.2, 0.25) is 0 Å². The van der Waals surface area contributed by atoms with Crippen LogP contribution in [0.1, 0.15) is 35.3 Å². The first-order valence-corrected chi connectivity index (χ1v) is 8.71. The van der Waals surface area contributed by atoms with Gasteiger partial charge in [-0.15, -0.1) is 0 Å². The molecule has 134 valence electrons. The van der Waals surface area contributed by atoms with Crippen molar-refractivity contribution >= 4 is 22.4 Å². The maximum Gasteiger partial charge on any atom is 0.335 e. The van der Waals surface area contributed by atoms with Crippen molar-refractivity contribution in [2.45, 2.75) is 33.4 Å². The lowest BCUT2D eigenvalue weighted by molar-refractivity contribution is 0.0697. The highest BCUT2D eigenvalue weighted by Gasteiger charge is 2.12. The minimum Gasteiger partial charge on any atom is -0.491 e. The quantitative estimate of drug-likeness (QED) is 0.638. The Bertz CT molecular complexity index is 947. The third-order valence-electron chi connectivity index (χ3n) is 4.30. The standard InChI is InChI=1S/C22H23NO3/c1-14(2)26-21-11-10-16-6-4-5-7-18(16)19(21)13-23-20-12-17(22(24)25)9-8-15(20)3/h4-12,14,23H,13H2,1-3H3,(H,24,25). The summed E-state index contributed by atoms with van der Waals surface area (Å²) in [4.78, 5) is 11.2. The summed E-state index contributed by atoms with van der Waals surface area (Å²) in [7, 11) is 0. The van der Waals surface area contributed by atoms with Crippen LogP contribution in [0.5, 0.6) is 5.75 Å². The first kappa shape index (κ1) is 17.8. The van der Waals surface area contributed by atoms with Crippen LogP contribution < -0.4 is 10.1 Å². The molecule has 4 heteroatoms. The van der Waals surface area contributed by atoms with Crippen LogP contribution in [0.25, 0.3) is 10.8 Å². The molecule has 0 aromatic heterocycles. The highest BCUT2D eigenvalue weighted by atomic mass is 16.5. The van der Waals surface area contributed by atoms with E-state index in [2.05, 4.69) is 23.5 Å². The van der Waals surface area contributed by atoms with Crippen LogP contribution in [0.4, 0.5) is 5.69 Å². The molecule has 3 aromatic carbocycles. The summed E-state index contributed by atoms with van der Waals surface area (Å²) in [5, 5.41) is 14.9. The third kappa shape index (κ3) is 3.80. The van der Waals surface area contributed by atoms with Crippen molar-refractivity contribution < 1.29 is 14.6 Å². The summed E-state index contributed by atoms with van der Waals surface area (Å²) in [6, 6.07) is 17.4. The predicted octanol–water partition coefficient (Wildman–Crippen LogP) is 5.25. The van der Waals surface area contributed by atoms with Crippen LogP contribution >= 0.6 is 0 Å². The summed E-state index contributed by atoms with van der Waals surface area (Å²) >= 11 is 0. The van der Waals surface area contributed by atoms with Gasteiger partial charge in [-0.25, -0.2) is 4.79 Å². The Hall–Kier alpha value is -3.01. The number of fused-ring (bicyclic) bond motifs is 1. The number of aryl methyl sites for hydroxylation is 1. The molecule has 0 atom stereocenters. The largest absolute Gasteiger partial charge is 0.491 e. The lowest BCUT2D eigenvalue weighted by atomic mass is 10.0. The van der Waals surface area contributed by atoms with Gasteiger partial charge in [0.25, 0.3) is 0 Å². The average molecular weight is 349 g/mol. The number of carbonyl (C=O) groups is 1. The van der Waals surface area contributed by atoms with Gasteiger partial charge in [0, 0.05) is 17.8 Å². The highest BCUT2D eigenvalue weighted by molar-refractivity contribution is 5.90. The highest BCUT2D eigenvalue weighted by Crippen LogP contribution is 2.30. The van der Waals surface area contributed by atoms with E-state index in [4.69, 9.17) is 4.74 Å². The van der Waals surface area contributed by atoms with Crippen molar-refractivity contribution in [2.75, 3.05) is 5.32 Å². The fraction of sp³-hybridized carbons (Fsp3) is 0.227. The molecule has 0 bridgehead atoms. The maximum absolute atomic E-state index is 11.2. The Morgan fingerprint density at radius 2 is 1.88 bits per heavy atom. The molecule has 0 aliphatic heterocycles. The van der Waals surface area contributed by atoms with Crippen molar-refractivity contribution in [2.24, 2.45) is 0 Å². The van der Waals surface area contributed by atoms with Gasteiger partial charge in [-0.2, -0.15) is 0 Å². The van der Waals surface area contributed by atoms with Gasteiger partial charge in [-0.3, -0.25) is 0 Å². The minimum atomic E-state index is -0.929. The van der Waals surface area contributed by atoms with Crippen LogP contribution in [0.3, 0.4) is 0 Å². The molecule has 0 spiro atoms. The SMILES string of the molecule is Cc1ccc(C(=O)O)cc1NCc1c(OC(C)C)ccc2ccccc12. The Kier molecular flexibility index (Phi) is 5.12. The monoisotopic (exact) mass is 349 g/mol. The second kappa shape index (κ2) is 7.48. The Balaban J connectivity index is 1.97. The lowest BCUT2D eigenvalue weighted by Gasteiger charge is -2.18. The van der Waals surface area contributed by atoms with Crippen LogP contribution in [0, 0.1) is 6.92 Å². The second-order valence-electron chi connectivity index (χ2n) is 6.62. The average Bonchev–Trinajstić information content (AvgIpc) is 2.61. The number of hydrogen-bond donors (Lipinski definition) is 2. The number of rotatable bonds is 6. The zero-order chi connectivity index (χ0) is 18.7. The summed E-state index contributed by atoms with van der Waals surface area (Å²) < 4.78 is 6.00. The summed E-state index contributed by atoms with van der Waals surface area (Å²) in [5.74, 6) is -0.0831. The van der Waals surface area contributed by atoms with Gasteiger partial charge in [0.1, 0.15) is 5.75 Å². The van der Waals surface area contributed by atoms with Gasteiger partial charge >= 0.3 is 5.97 Å². The number of hydrogen-bond acceptors (Lipinski definition) is 3. The number of benzene rings is 3. The topological polar surface area (TPSA) is 58.6 Å². The van der Waals surface area contributed by atoms with Crippen LogP contribution in [0.2, 0.25) is 0 Å². The molecule has 0 heterocycles. The Morgan fingerprint density at radius 1 is 1.12 bits per heavy atom. The van der Waals surface area contributed by atoms with Crippen molar-refractivity contribution in [3.05, 3.63) is 71.3 Å². The van der Waals surface area contributed by atoms with Gasteiger partial charge in [0.15, 0.2) is 0 Å². The van der Waals surface area contributed by atoms with Crippen LogP contribution in [-0.2, 0) is 6.54 Å². The summed E-state index contributed by atoms with van der Waals surface area (Å²) in [6.07, 6.45) is 0.0759. The molecule has 26 heavy (non-hydrogen) atoms. The van der Waals surface area contributed by atoms with E-state index < -0.39 is 5.97 Å². The van der Waals surface area contributed by atoms with E-state index in [0.29, 0.717) is 6.54 Å². The van der Waals surface area contributed by atoms with Gasteiger partial charge < -0.3 is 15.2 Å². The molecule has 0 saturated carbocycles. The number of nitrogens with one attached hydrogen (secondary N) is 1. The van der Waals surface area contributed by atoms with Gasteiger partial charge in [0.05, 0.1) is 11.7 Å². The van der Waals surface area contributed by atoms with Crippen LogP contribution in [-0.4, -0.2) is 17.2 Å². The first-order valence-electron chi connectivity index (χ1n) is 8.71. The van der Waals surface area contributed by atoms with Crippen molar-refractivity contribution in [1.82, 2.24) is 0 Å². The van der Waals surface area contributed by atoms with Gasteiger partial charge in [-0.1, -0.05) is 36.4 Å². The molecule has 0 radical (unpaired) electrons. The van der Waals surface area contributed by atoms with Crippen molar-refractivity contribution in [3.8, 4) is 5.75 Å². The molecule has 4 nitrogen and oxygen atoms in total. The molecule has 0 fully saturated rings. The molecule has 0 aliphatic carbocycles. The number of carboxylic acid groups (broad SMARTS) is 1. The van der Waals surface area contributed by atoms with E-state index in [9.17, 15) is 9.90 Å². The Labute approximate surface area is 153 Å². The van der Waals surface area contributed by atoms with E-state index in [1.54, 1.807) is 12.1 Å². The Morgan fingerprint density at radius 3 is 2.62 bits per heavy atom. The maximum atomic E-state index is 11.2. The number of aromatic carboxylic acids is 1. The summed E-state index contributed by atoms with van der Waals surface area (Å²) in [5.41, 5.74) is 3.15. The first-order chi connectivity index (χ1) is 12.5. The zero-order valence-corrected chi connectivity index (χ0v) is 15.2. The molecule has 0 amide bonds. The van der Waals surface area contributed by atoms with E-state index >= 15 is 0 Å². The van der Waals surface area contributed by atoms with Crippen molar-refractivity contribution in [1.29, 1.82) is 0 Å². The minimum absolute atomic E-state index is 0.0759. The molecule has 0 aliphatic rings. The van der Waals surface area contributed by atoms with E-state index in [1.807, 2.05) is 45.0 Å². The molecular formula is C22H23NO3. The number of carboxylic acids is 1. The van der Waals surface area contributed by atoms with E-state index in [1.165, 1.54) is 0 Å². The fourth-order valence-electron chi connectivity index (χ4n) is 2.99. The predicted molar refractivity (Wildman–Crippen MR) is 105 cm³/mol.